The molecule has 2 aromatic rings. The van der Waals surface area contributed by atoms with Crippen LogP contribution < -0.4 is 5.32 Å². The highest BCUT2D eigenvalue weighted by Crippen LogP contribution is 2.18. The van der Waals surface area contributed by atoms with Crippen molar-refractivity contribution in [3.05, 3.63) is 63.9 Å². The lowest BCUT2D eigenvalue weighted by atomic mass is 10.2. The SMILES string of the molecule is O=C(Nc1ccc(F)c(F)c1)c1cc(F)cc(Br)c1. The van der Waals surface area contributed by atoms with Crippen molar-refractivity contribution in [2.24, 2.45) is 0 Å². The molecule has 1 N–H and O–H groups in total. The second kappa shape index (κ2) is 5.44. The smallest absolute Gasteiger partial charge is 0.255 e. The standard InChI is InChI=1S/C13H7BrF3NO/c14-8-3-7(4-9(15)5-8)13(19)18-10-1-2-11(16)12(17)6-10/h1-6H,(H,18,19). The summed E-state index contributed by atoms with van der Waals surface area (Å²) in [6.45, 7) is 0. The Hall–Kier alpha value is -1.82. The molecule has 0 atom stereocenters. The fourth-order valence-corrected chi connectivity index (χ4v) is 1.93. The summed E-state index contributed by atoms with van der Waals surface area (Å²) in [6, 6.07) is 6.62. The van der Waals surface area contributed by atoms with Gasteiger partial charge in [0.2, 0.25) is 0 Å². The molecule has 19 heavy (non-hydrogen) atoms. The zero-order valence-electron chi connectivity index (χ0n) is 9.38. The van der Waals surface area contributed by atoms with Crippen LogP contribution in [0.1, 0.15) is 10.4 Å². The number of nitrogens with one attached hydrogen (secondary N) is 1. The van der Waals surface area contributed by atoms with Crippen molar-refractivity contribution in [2.45, 2.75) is 0 Å². The second-order valence-electron chi connectivity index (χ2n) is 3.74. The van der Waals surface area contributed by atoms with Crippen LogP contribution in [0.4, 0.5) is 18.9 Å². The van der Waals surface area contributed by atoms with Crippen molar-refractivity contribution >= 4 is 27.5 Å². The van der Waals surface area contributed by atoms with E-state index in [2.05, 4.69) is 21.2 Å². The van der Waals surface area contributed by atoms with Gasteiger partial charge in [0.1, 0.15) is 5.82 Å². The van der Waals surface area contributed by atoms with E-state index >= 15 is 0 Å². The van der Waals surface area contributed by atoms with Gasteiger partial charge in [-0.25, -0.2) is 13.2 Å². The first-order chi connectivity index (χ1) is 8.95. The molecule has 0 aliphatic rings. The first-order valence-electron chi connectivity index (χ1n) is 5.18. The van der Waals surface area contributed by atoms with E-state index < -0.39 is 23.4 Å². The third-order valence-corrected chi connectivity index (χ3v) is 2.76. The van der Waals surface area contributed by atoms with Gasteiger partial charge >= 0.3 is 0 Å². The van der Waals surface area contributed by atoms with E-state index in [1.165, 1.54) is 18.2 Å². The Bertz CT molecular complexity index is 626. The molecule has 0 aromatic heterocycles. The van der Waals surface area contributed by atoms with Crippen LogP contribution in [0.2, 0.25) is 0 Å². The van der Waals surface area contributed by atoms with Crippen LogP contribution in [-0.4, -0.2) is 5.91 Å². The van der Waals surface area contributed by atoms with Crippen molar-refractivity contribution in [1.82, 2.24) is 0 Å². The van der Waals surface area contributed by atoms with E-state index in [0.29, 0.717) is 4.47 Å². The average Bonchev–Trinajstić information content (AvgIpc) is 2.32. The highest BCUT2D eigenvalue weighted by molar-refractivity contribution is 9.10. The Morgan fingerprint density at radius 3 is 2.37 bits per heavy atom. The molecule has 0 spiro atoms. The van der Waals surface area contributed by atoms with Gasteiger partial charge in [-0.15, -0.1) is 0 Å². The average molecular weight is 330 g/mol. The van der Waals surface area contributed by atoms with Crippen molar-refractivity contribution in [3.8, 4) is 0 Å². The van der Waals surface area contributed by atoms with Gasteiger partial charge in [-0.1, -0.05) is 15.9 Å². The van der Waals surface area contributed by atoms with Gasteiger partial charge in [-0.05, 0) is 30.3 Å². The minimum atomic E-state index is -1.07. The number of amides is 1. The Kier molecular flexibility index (Phi) is 3.90. The molecule has 0 fully saturated rings. The Balaban J connectivity index is 2.22. The van der Waals surface area contributed by atoms with Gasteiger partial charge in [0.05, 0.1) is 0 Å². The summed E-state index contributed by atoms with van der Waals surface area (Å²) < 4.78 is 39.2. The molecule has 0 heterocycles. The van der Waals surface area contributed by atoms with Gasteiger partial charge in [0.25, 0.3) is 5.91 Å². The summed E-state index contributed by atoms with van der Waals surface area (Å²) >= 11 is 3.06. The van der Waals surface area contributed by atoms with Crippen LogP contribution in [0.25, 0.3) is 0 Å². The fraction of sp³-hybridized carbons (Fsp3) is 0. The maximum atomic E-state index is 13.1. The van der Waals surface area contributed by atoms with Crippen molar-refractivity contribution in [2.75, 3.05) is 5.32 Å². The van der Waals surface area contributed by atoms with Gasteiger partial charge in [0, 0.05) is 21.8 Å². The van der Waals surface area contributed by atoms with E-state index in [-0.39, 0.29) is 11.3 Å². The van der Waals surface area contributed by atoms with Gasteiger partial charge in [-0.2, -0.15) is 0 Å². The number of anilines is 1. The predicted molar refractivity (Wildman–Crippen MR) is 68.4 cm³/mol. The lowest BCUT2D eigenvalue weighted by molar-refractivity contribution is 0.102. The molecule has 2 rings (SSSR count). The van der Waals surface area contributed by atoms with Crippen molar-refractivity contribution in [1.29, 1.82) is 0 Å². The quantitative estimate of drug-likeness (QED) is 0.882. The van der Waals surface area contributed by atoms with Gasteiger partial charge in [0.15, 0.2) is 11.6 Å². The molecule has 0 bridgehead atoms. The monoisotopic (exact) mass is 329 g/mol. The summed E-state index contributed by atoms with van der Waals surface area (Å²) in [5.74, 6) is -3.28. The maximum Gasteiger partial charge on any atom is 0.255 e. The summed E-state index contributed by atoms with van der Waals surface area (Å²) in [5.41, 5.74) is 0.154. The fourth-order valence-electron chi connectivity index (χ4n) is 1.46. The zero-order chi connectivity index (χ0) is 14.0. The number of hydrogen-bond donors (Lipinski definition) is 1. The molecule has 0 aliphatic heterocycles. The lowest BCUT2D eigenvalue weighted by Gasteiger charge is -2.06. The summed E-state index contributed by atoms with van der Waals surface area (Å²) in [4.78, 5) is 11.8. The molecule has 2 aromatic carbocycles. The van der Waals surface area contributed by atoms with Crippen LogP contribution in [0.5, 0.6) is 0 Å². The Morgan fingerprint density at radius 1 is 1.00 bits per heavy atom. The highest BCUT2D eigenvalue weighted by Gasteiger charge is 2.10. The Labute approximate surface area is 115 Å². The minimum absolute atomic E-state index is 0.0663. The van der Waals surface area contributed by atoms with Crippen LogP contribution >= 0.6 is 15.9 Å². The number of halogens is 4. The molecule has 0 saturated heterocycles. The zero-order valence-corrected chi connectivity index (χ0v) is 11.0. The highest BCUT2D eigenvalue weighted by atomic mass is 79.9. The first kappa shape index (κ1) is 13.6. The molecule has 0 unspecified atom stereocenters. The molecule has 0 radical (unpaired) electrons. The molecular weight excluding hydrogens is 323 g/mol. The number of rotatable bonds is 2. The normalized spacial score (nSPS) is 10.3. The van der Waals surface area contributed by atoms with E-state index in [4.69, 9.17) is 0 Å². The van der Waals surface area contributed by atoms with Crippen LogP contribution in [0, 0.1) is 17.5 Å². The number of carbonyl (C=O) groups excluding carboxylic acids is 1. The van der Waals surface area contributed by atoms with Crippen molar-refractivity contribution < 1.29 is 18.0 Å². The minimum Gasteiger partial charge on any atom is -0.322 e. The summed E-state index contributed by atoms with van der Waals surface area (Å²) in [5, 5.41) is 2.35. The topological polar surface area (TPSA) is 29.1 Å². The van der Waals surface area contributed by atoms with Crippen LogP contribution in [-0.2, 0) is 0 Å². The Morgan fingerprint density at radius 2 is 1.74 bits per heavy atom. The number of carbonyl (C=O) groups is 1. The molecule has 0 saturated carbocycles. The van der Waals surface area contributed by atoms with Gasteiger partial charge < -0.3 is 5.32 Å². The molecule has 6 heteroatoms. The van der Waals surface area contributed by atoms with Crippen LogP contribution in [0.3, 0.4) is 0 Å². The summed E-state index contributed by atoms with van der Waals surface area (Å²) in [6.07, 6.45) is 0. The van der Waals surface area contributed by atoms with Crippen molar-refractivity contribution in [3.63, 3.8) is 0 Å². The predicted octanol–water partition coefficient (Wildman–Crippen LogP) is 4.12. The van der Waals surface area contributed by atoms with E-state index in [0.717, 1.165) is 18.2 Å². The molecule has 1 amide bonds. The number of hydrogen-bond acceptors (Lipinski definition) is 1. The largest absolute Gasteiger partial charge is 0.322 e. The molecule has 0 aliphatic carbocycles. The van der Waals surface area contributed by atoms with Crippen LogP contribution in [0.15, 0.2) is 40.9 Å². The summed E-state index contributed by atoms with van der Waals surface area (Å²) in [7, 11) is 0. The molecule has 2 nitrogen and oxygen atoms in total. The maximum absolute atomic E-state index is 13.1. The number of benzene rings is 2. The van der Waals surface area contributed by atoms with E-state index in [9.17, 15) is 18.0 Å². The van der Waals surface area contributed by atoms with Gasteiger partial charge in [-0.3, -0.25) is 4.79 Å². The second-order valence-corrected chi connectivity index (χ2v) is 4.66. The molecule has 98 valence electrons. The third-order valence-electron chi connectivity index (χ3n) is 2.30. The molecular formula is C13H7BrF3NO. The first-order valence-corrected chi connectivity index (χ1v) is 5.97. The van der Waals surface area contributed by atoms with E-state index in [1.807, 2.05) is 0 Å². The lowest BCUT2D eigenvalue weighted by Crippen LogP contribution is -2.12. The van der Waals surface area contributed by atoms with E-state index in [1.54, 1.807) is 0 Å². The third kappa shape index (κ3) is 3.35.